The van der Waals surface area contributed by atoms with Crippen LogP contribution < -0.4 is 15.0 Å². The van der Waals surface area contributed by atoms with Gasteiger partial charge >= 0.3 is 5.97 Å². The summed E-state index contributed by atoms with van der Waals surface area (Å²) in [6, 6.07) is 19.1. The Morgan fingerprint density at radius 3 is 2.50 bits per heavy atom. The van der Waals surface area contributed by atoms with Gasteiger partial charge in [-0.25, -0.2) is 4.79 Å². The molecule has 1 aliphatic rings. The van der Waals surface area contributed by atoms with Gasteiger partial charge in [-0.15, -0.1) is 0 Å². The van der Waals surface area contributed by atoms with Crippen LogP contribution in [-0.2, 0) is 22.6 Å². The molecule has 36 heavy (non-hydrogen) atoms. The number of hydrogen-bond donors (Lipinski definition) is 2. The predicted molar refractivity (Wildman–Crippen MR) is 144 cm³/mol. The molecule has 2 amide bonds. The maximum Gasteiger partial charge on any atom is 0.335 e. The lowest BCUT2D eigenvalue weighted by Crippen LogP contribution is -2.54. The van der Waals surface area contributed by atoms with E-state index < -0.39 is 17.8 Å². The fourth-order valence-corrected chi connectivity index (χ4v) is 4.41. The Morgan fingerprint density at radius 1 is 1.08 bits per heavy atom. The van der Waals surface area contributed by atoms with Gasteiger partial charge in [0, 0.05) is 0 Å². The third kappa shape index (κ3) is 5.53. The molecule has 0 spiro atoms. The van der Waals surface area contributed by atoms with Crippen molar-refractivity contribution in [3.05, 3.63) is 99.0 Å². The van der Waals surface area contributed by atoms with E-state index in [1.807, 2.05) is 19.1 Å². The summed E-state index contributed by atoms with van der Waals surface area (Å²) in [7, 11) is 0. The van der Waals surface area contributed by atoms with E-state index >= 15 is 0 Å². The van der Waals surface area contributed by atoms with Gasteiger partial charge in [-0.2, -0.15) is 0 Å². The van der Waals surface area contributed by atoms with Crippen LogP contribution in [0.2, 0.25) is 0 Å². The maximum atomic E-state index is 13.2. The number of nitrogens with one attached hydrogen (secondary N) is 1. The van der Waals surface area contributed by atoms with E-state index in [1.165, 1.54) is 17.0 Å². The summed E-state index contributed by atoms with van der Waals surface area (Å²) in [5, 5.41) is 11.8. The number of amides is 2. The normalized spacial score (nSPS) is 14.7. The molecule has 1 heterocycles. The molecule has 0 bridgehead atoms. The molecular formula is C27H21BrN2O5S. The van der Waals surface area contributed by atoms with Gasteiger partial charge in [0.1, 0.15) is 17.9 Å². The van der Waals surface area contributed by atoms with Gasteiger partial charge in [-0.05, 0) is 93.7 Å². The molecule has 1 saturated heterocycles. The van der Waals surface area contributed by atoms with Crippen molar-refractivity contribution in [1.82, 2.24) is 5.32 Å². The largest absolute Gasteiger partial charge is 0.488 e. The second-order valence-electron chi connectivity index (χ2n) is 7.96. The highest BCUT2D eigenvalue weighted by Crippen LogP contribution is 2.29. The van der Waals surface area contributed by atoms with E-state index in [0.29, 0.717) is 27.0 Å². The number of carboxylic acid groups (broad SMARTS) is 1. The van der Waals surface area contributed by atoms with Crippen LogP contribution in [0, 0.1) is 0 Å². The first kappa shape index (κ1) is 25.3. The topological polar surface area (TPSA) is 95.9 Å². The zero-order valence-electron chi connectivity index (χ0n) is 19.2. The number of anilines is 1. The number of nitrogens with zero attached hydrogens (tertiary/aromatic N) is 1. The number of hydrogen-bond acceptors (Lipinski definition) is 5. The summed E-state index contributed by atoms with van der Waals surface area (Å²) in [4.78, 5) is 38.3. The second-order valence-corrected chi connectivity index (χ2v) is 9.20. The molecule has 1 aliphatic heterocycles. The molecule has 2 N–H and O–H groups in total. The smallest absolute Gasteiger partial charge is 0.335 e. The van der Waals surface area contributed by atoms with Crippen LogP contribution >= 0.6 is 28.1 Å². The van der Waals surface area contributed by atoms with Crippen LogP contribution in [0.25, 0.3) is 6.08 Å². The molecule has 0 unspecified atom stereocenters. The van der Waals surface area contributed by atoms with Crippen LogP contribution in [0.3, 0.4) is 0 Å². The molecule has 0 aliphatic carbocycles. The van der Waals surface area contributed by atoms with Crippen LogP contribution in [0.15, 0.2) is 76.8 Å². The van der Waals surface area contributed by atoms with Crippen molar-refractivity contribution in [2.24, 2.45) is 0 Å². The summed E-state index contributed by atoms with van der Waals surface area (Å²) in [6.07, 6.45) is 2.36. The van der Waals surface area contributed by atoms with Gasteiger partial charge in [0.05, 0.1) is 15.7 Å². The zero-order chi connectivity index (χ0) is 25.8. The zero-order valence-corrected chi connectivity index (χ0v) is 21.6. The Kier molecular flexibility index (Phi) is 7.61. The number of carbonyl (C=O) groups is 3. The molecule has 182 valence electrons. The molecule has 1 fully saturated rings. The molecule has 0 atom stereocenters. The van der Waals surface area contributed by atoms with E-state index in [1.54, 1.807) is 48.5 Å². The third-order valence-electron chi connectivity index (χ3n) is 5.54. The van der Waals surface area contributed by atoms with Gasteiger partial charge in [0.25, 0.3) is 11.8 Å². The van der Waals surface area contributed by atoms with E-state index in [-0.39, 0.29) is 22.9 Å². The summed E-state index contributed by atoms with van der Waals surface area (Å²) < 4.78 is 6.43. The number of thiocarbonyl (C=S) groups is 1. The molecule has 3 aromatic carbocycles. The van der Waals surface area contributed by atoms with Crippen LogP contribution in [0.1, 0.15) is 34.0 Å². The molecule has 7 nitrogen and oxygen atoms in total. The van der Waals surface area contributed by atoms with Crippen molar-refractivity contribution < 1.29 is 24.2 Å². The molecule has 9 heteroatoms. The Morgan fingerprint density at radius 2 is 1.83 bits per heavy atom. The van der Waals surface area contributed by atoms with Crippen molar-refractivity contribution in [2.45, 2.75) is 20.0 Å². The molecule has 0 aromatic heterocycles. The Balaban J connectivity index is 1.53. The maximum absolute atomic E-state index is 13.2. The lowest BCUT2D eigenvalue weighted by molar-refractivity contribution is -0.122. The lowest BCUT2D eigenvalue weighted by Gasteiger charge is -2.29. The number of rotatable bonds is 7. The fraction of sp³-hybridized carbons (Fsp3) is 0.111. The highest BCUT2D eigenvalue weighted by atomic mass is 79.9. The number of aryl methyl sites for hydroxylation is 1. The van der Waals surface area contributed by atoms with Crippen LogP contribution in [-0.4, -0.2) is 28.0 Å². The van der Waals surface area contributed by atoms with Gasteiger partial charge in [0.15, 0.2) is 5.11 Å². The highest BCUT2D eigenvalue weighted by Gasteiger charge is 2.34. The van der Waals surface area contributed by atoms with Crippen molar-refractivity contribution in [2.75, 3.05) is 4.90 Å². The van der Waals surface area contributed by atoms with Gasteiger partial charge in [-0.1, -0.05) is 37.3 Å². The summed E-state index contributed by atoms with van der Waals surface area (Å²) in [5.74, 6) is -1.56. The Labute approximate surface area is 221 Å². The van der Waals surface area contributed by atoms with Crippen molar-refractivity contribution in [1.29, 1.82) is 0 Å². The van der Waals surface area contributed by atoms with Gasteiger partial charge in [-0.3, -0.25) is 19.8 Å². The number of halogens is 1. The SMILES string of the molecule is CCc1ccc(N2C(=O)/C(=C/c3ccc(OCc4cccc(C(=O)O)c4)c(Br)c3)C(=O)NC2=S)cc1. The number of carbonyl (C=O) groups excluding carboxylic acids is 2. The van der Waals surface area contributed by atoms with Crippen LogP contribution in [0.4, 0.5) is 5.69 Å². The van der Waals surface area contributed by atoms with Gasteiger partial charge in [0.2, 0.25) is 0 Å². The number of benzene rings is 3. The summed E-state index contributed by atoms with van der Waals surface area (Å²) in [6.45, 7) is 2.21. The number of carboxylic acids is 1. The van der Waals surface area contributed by atoms with Crippen LogP contribution in [0.5, 0.6) is 5.75 Å². The first-order chi connectivity index (χ1) is 17.3. The number of aromatic carboxylic acids is 1. The first-order valence-electron chi connectivity index (χ1n) is 11.0. The molecule has 0 saturated carbocycles. The van der Waals surface area contributed by atoms with Crippen molar-refractivity contribution in [3.8, 4) is 5.75 Å². The minimum Gasteiger partial charge on any atom is -0.488 e. The number of ether oxygens (including phenoxy) is 1. The Bertz CT molecular complexity index is 1400. The van der Waals surface area contributed by atoms with Gasteiger partial charge < -0.3 is 9.84 Å². The van der Waals surface area contributed by atoms with E-state index in [4.69, 9.17) is 22.1 Å². The standard InChI is InChI=1S/C27H21BrN2O5S/c1-2-16-6-9-20(10-7-16)30-25(32)21(24(31)29-27(30)36)13-17-8-11-23(22(28)14-17)35-15-18-4-3-5-19(12-18)26(33)34/h3-14H,2,15H2,1H3,(H,33,34)(H,29,31,36)/b21-13+. The molecular weight excluding hydrogens is 544 g/mol. The quantitative estimate of drug-likeness (QED) is 0.235. The molecule has 3 aromatic rings. The lowest BCUT2D eigenvalue weighted by atomic mass is 10.1. The van der Waals surface area contributed by atoms with E-state index in [2.05, 4.69) is 21.2 Å². The average molecular weight is 565 g/mol. The first-order valence-corrected chi connectivity index (χ1v) is 12.2. The second kappa shape index (κ2) is 10.8. The summed E-state index contributed by atoms with van der Waals surface area (Å²) in [5.41, 5.74) is 3.15. The molecule has 0 radical (unpaired) electrons. The predicted octanol–water partition coefficient (Wildman–Crippen LogP) is 5.12. The average Bonchev–Trinajstić information content (AvgIpc) is 2.86. The van der Waals surface area contributed by atoms with Crippen molar-refractivity contribution in [3.63, 3.8) is 0 Å². The fourth-order valence-electron chi connectivity index (χ4n) is 3.62. The third-order valence-corrected chi connectivity index (χ3v) is 6.44. The monoisotopic (exact) mass is 564 g/mol. The highest BCUT2D eigenvalue weighted by molar-refractivity contribution is 9.10. The van der Waals surface area contributed by atoms with Crippen molar-refractivity contribution >= 4 is 62.8 Å². The minimum atomic E-state index is -1.01. The minimum absolute atomic E-state index is 0.0308. The van der Waals surface area contributed by atoms with E-state index in [0.717, 1.165) is 12.0 Å². The summed E-state index contributed by atoms with van der Waals surface area (Å²) >= 11 is 8.72. The Hall–Kier alpha value is -3.82. The van der Waals surface area contributed by atoms with E-state index in [9.17, 15) is 14.4 Å². The molecule has 4 rings (SSSR count).